The summed E-state index contributed by atoms with van der Waals surface area (Å²) in [6.45, 7) is 3.23. The maximum atomic E-state index is 12.3. The molecule has 1 aliphatic heterocycles. The predicted octanol–water partition coefficient (Wildman–Crippen LogP) is 2.46. The fraction of sp³-hybridized carbons (Fsp3) is 0.867. The lowest BCUT2D eigenvalue weighted by Gasteiger charge is -2.33. The first-order valence-electron chi connectivity index (χ1n) is 7.86. The molecule has 1 heterocycles. The minimum Gasteiger partial charge on any atom is -0.481 e. The van der Waals surface area contributed by atoms with Crippen LogP contribution in [0.1, 0.15) is 51.9 Å². The highest BCUT2D eigenvalue weighted by molar-refractivity contribution is 5.76. The van der Waals surface area contributed by atoms with Crippen molar-refractivity contribution in [3.63, 3.8) is 0 Å². The van der Waals surface area contributed by atoms with Gasteiger partial charge in [0, 0.05) is 19.1 Å². The molecule has 2 unspecified atom stereocenters. The Morgan fingerprint density at radius 2 is 1.85 bits per heavy atom. The molecule has 0 aromatic rings. The second-order valence-corrected chi connectivity index (χ2v) is 6.29. The number of urea groups is 1. The molecule has 0 aromatic carbocycles. The van der Waals surface area contributed by atoms with E-state index in [1.807, 2.05) is 0 Å². The lowest BCUT2D eigenvalue weighted by Crippen LogP contribution is -2.51. The number of nitrogens with zero attached hydrogens (tertiary/aromatic N) is 1. The molecule has 1 saturated carbocycles. The third-order valence-electron chi connectivity index (χ3n) is 4.73. The zero-order chi connectivity index (χ0) is 14.5. The van der Waals surface area contributed by atoms with Crippen LogP contribution >= 0.6 is 0 Å². The average molecular weight is 282 g/mol. The molecule has 0 spiro atoms. The van der Waals surface area contributed by atoms with Crippen molar-refractivity contribution in [3.05, 3.63) is 0 Å². The van der Waals surface area contributed by atoms with Gasteiger partial charge in [0.2, 0.25) is 0 Å². The van der Waals surface area contributed by atoms with Gasteiger partial charge in [0.25, 0.3) is 0 Å². The Kier molecular flexibility index (Phi) is 5.26. The number of hydrogen-bond donors (Lipinski definition) is 2. The van der Waals surface area contributed by atoms with Gasteiger partial charge in [-0.1, -0.05) is 26.2 Å². The zero-order valence-corrected chi connectivity index (χ0v) is 12.3. The third kappa shape index (κ3) is 3.87. The highest BCUT2D eigenvalue weighted by Gasteiger charge is 2.30. The van der Waals surface area contributed by atoms with Gasteiger partial charge in [0.15, 0.2) is 0 Å². The Hall–Kier alpha value is -1.26. The molecule has 2 amide bonds. The standard InChI is InChI=1S/C15H26N2O3/c1-11-6-3-2-4-8-13(11)16-15(20)17-9-5-7-12(10-17)14(18)19/h11-13H,2-10H2,1H3,(H,16,20)(H,18,19)/t11?,12-,13?/m1/s1. The first-order chi connectivity index (χ1) is 9.58. The van der Waals surface area contributed by atoms with Crippen molar-refractivity contribution in [2.75, 3.05) is 13.1 Å². The molecule has 2 fully saturated rings. The van der Waals surface area contributed by atoms with Crippen molar-refractivity contribution in [1.82, 2.24) is 10.2 Å². The highest BCUT2D eigenvalue weighted by Crippen LogP contribution is 2.23. The molecule has 0 bridgehead atoms. The summed E-state index contributed by atoms with van der Waals surface area (Å²) in [6, 6.07) is 0.171. The maximum absolute atomic E-state index is 12.3. The number of carboxylic acid groups (broad SMARTS) is 1. The highest BCUT2D eigenvalue weighted by atomic mass is 16.4. The number of carboxylic acids is 1. The van der Waals surface area contributed by atoms with Crippen molar-refractivity contribution in [3.8, 4) is 0 Å². The quantitative estimate of drug-likeness (QED) is 0.764. The smallest absolute Gasteiger partial charge is 0.317 e. The largest absolute Gasteiger partial charge is 0.481 e. The number of aliphatic carboxylic acids is 1. The van der Waals surface area contributed by atoms with Gasteiger partial charge < -0.3 is 15.3 Å². The van der Waals surface area contributed by atoms with E-state index in [0.29, 0.717) is 25.4 Å². The lowest BCUT2D eigenvalue weighted by atomic mass is 9.96. The van der Waals surface area contributed by atoms with Crippen molar-refractivity contribution in [2.45, 2.75) is 57.9 Å². The number of likely N-dealkylation sites (tertiary alicyclic amines) is 1. The van der Waals surface area contributed by atoms with Gasteiger partial charge >= 0.3 is 12.0 Å². The van der Waals surface area contributed by atoms with Gasteiger partial charge in [-0.15, -0.1) is 0 Å². The van der Waals surface area contributed by atoms with Crippen LogP contribution in [0, 0.1) is 11.8 Å². The molecule has 20 heavy (non-hydrogen) atoms. The van der Waals surface area contributed by atoms with Crippen LogP contribution in [-0.2, 0) is 4.79 Å². The molecule has 3 atom stereocenters. The molecule has 5 heteroatoms. The average Bonchev–Trinajstić information content (AvgIpc) is 2.64. The predicted molar refractivity (Wildman–Crippen MR) is 76.5 cm³/mol. The molecule has 2 rings (SSSR count). The van der Waals surface area contributed by atoms with E-state index in [0.717, 1.165) is 12.8 Å². The van der Waals surface area contributed by atoms with Gasteiger partial charge in [-0.05, 0) is 31.6 Å². The third-order valence-corrected chi connectivity index (χ3v) is 4.73. The number of amides is 2. The van der Waals surface area contributed by atoms with E-state index in [4.69, 9.17) is 5.11 Å². The molecule has 2 aliphatic rings. The molecule has 2 N–H and O–H groups in total. The minimum absolute atomic E-state index is 0.0744. The summed E-state index contributed by atoms with van der Waals surface area (Å²) in [6.07, 6.45) is 7.35. The number of piperidine rings is 1. The second-order valence-electron chi connectivity index (χ2n) is 6.29. The van der Waals surface area contributed by atoms with Crippen molar-refractivity contribution >= 4 is 12.0 Å². The first kappa shape index (κ1) is 15.1. The van der Waals surface area contributed by atoms with Gasteiger partial charge in [0.05, 0.1) is 5.92 Å². The number of rotatable bonds is 2. The van der Waals surface area contributed by atoms with Gasteiger partial charge in [0.1, 0.15) is 0 Å². The summed E-state index contributed by atoms with van der Waals surface area (Å²) < 4.78 is 0. The second kappa shape index (κ2) is 6.95. The summed E-state index contributed by atoms with van der Waals surface area (Å²) in [5.74, 6) is -0.673. The molecule has 1 saturated heterocycles. The monoisotopic (exact) mass is 282 g/mol. The molecule has 5 nitrogen and oxygen atoms in total. The van der Waals surface area contributed by atoms with Crippen molar-refractivity contribution in [2.24, 2.45) is 11.8 Å². The Morgan fingerprint density at radius 3 is 2.60 bits per heavy atom. The molecular formula is C15H26N2O3. The van der Waals surface area contributed by atoms with Crippen molar-refractivity contribution < 1.29 is 14.7 Å². The molecular weight excluding hydrogens is 256 g/mol. The van der Waals surface area contributed by atoms with E-state index in [1.54, 1.807) is 4.90 Å². The van der Waals surface area contributed by atoms with E-state index in [9.17, 15) is 9.59 Å². The number of carbonyl (C=O) groups excluding carboxylic acids is 1. The SMILES string of the molecule is CC1CCCCCC1NC(=O)N1CCC[C@@H](C(=O)O)C1. The van der Waals surface area contributed by atoms with Crippen LogP contribution in [0.25, 0.3) is 0 Å². The molecule has 114 valence electrons. The van der Waals surface area contributed by atoms with Crippen LogP contribution in [-0.4, -0.2) is 41.1 Å². The van der Waals surface area contributed by atoms with Crippen LogP contribution in [0.3, 0.4) is 0 Å². The molecule has 0 radical (unpaired) electrons. The van der Waals surface area contributed by atoms with Crippen LogP contribution in [0.2, 0.25) is 0 Å². The van der Waals surface area contributed by atoms with Gasteiger partial charge in [-0.25, -0.2) is 4.79 Å². The van der Waals surface area contributed by atoms with E-state index < -0.39 is 11.9 Å². The van der Waals surface area contributed by atoms with Crippen LogP contribution in [0.5, 0.6) is 0 Å². The van der Waals surface area contributed by atoms with E-state index in [-0.39, 0.29) is 12.1 Å². The maximum Gasteiger partial charge on any atom is 0.317 e. The Bertz CT molecular complexity index is 359. The van der Waals surface area contributed by atoms with Crippen LogP contribution < -0.4 is 5.32 Å². The summed E-state index contributed by atoms with van der Waals surface area (Å²) in [4.78, 5) is 25.0. The van der Waals surface area contributed by atoms with E-state index in [1.165, 1.54) is 25.7 Å². The van der Waals surface area contributed by atoms with Crippen LogP contribution in [0.15, 0.2) is 0 Å². The molecule has 0 aromatic heterocycles. The summed E-state index contributed by atoms with van der Waals surface area (Å²) in [5, 5.41) is 12.2. The van der Waals surface area contributed by atoms with Gasteiger partial charge in [-0.2, -0.15) is 0 Å². The topological polar surface area (TPSA) is 69.6 Å². The summed E-state index contributed by atoms with van der Waals surface area (Å²) in [7, 11) is 0. The number of nitrogens with one attached hydrogen (secondary N) is 1. The normalized spacial score (nSPS) is 31.4. The summed E-state index contributed by atoms with van der Waals surface area (Å²) in [5.41, 5.74) is 0. The fourth-order valence-electron chi connectivity index (χ4n) is 3.32. The number of hydrogen-bond acceptors (Lipinski definition) is 2. The van der Waals surface area contributed by atoms with Crippen molar-refractivity contribution in [1.29, 1.82) is 0 Å². The number of carbonyl (C=O) groups is 2. The molecule has 1 aliphatic carbocycles. The Balaban J connectivity index is 1.88. The van der Waals surface area contributed by atoms with E-state index >= 15 is 0 Å². The van der Waals surface area contributed by atoms with E-state index in [2.05, 4.69) is 12.2 Å². The summed E-state index contributed by atoms with van der Waals surface area (Å²) >= 11 is 0. The lowest BCUT2D eigenvalue weighted by molar-refractivity contribution is -0.143. The Morgan fingerprint density at radius 1 is 1.10 bits per heavy atom. The van der Waals surface area contributed by atoms with Crippen LogP contribution in [0.4, 0.5) is 4.79 Å². The first-order valence-corrected chi connectivity index (χ1v) is 7.86. The minimum atomic E-state index is -0.787. The fourth-order valence-corrected chi connectivity index (χ4v) is 3.32. The Labute approximate surface area is 120 Å². The van der Waals surface area contributed by atoms with Gasteiger partial charge in [-0.3, -0.25) is 4.79 Å². The zero-order valence-electron chi connectivity index (χ0n) is 12.3.